The van der Waals surface area contributed by atoms with Crippen molar-refractivity contribution in [3.63, 3.8) is 0 Å². The molecule has 2 aromatic rings. The first-order valence-corrected chi connectivity index (χ1v) is 11.8. The number of carboxylic acids is 1. The van der Waals surface area contributed by atoms with Gasteiger partial charge in [-0.15, -0.1) is 0 Å². The highest BCUT2D eigenvalue weighted by Gasteiger charge is 2.32. The number of carboxylic acid groups (broad SMARTS) is 1. The third kappa shape index (κ3) is 5.58. The van der Waals surface area contributed by atoms with Crippen LogP contribution in [0.5, 0.6) is 0 Å². The summed E-state index contributed by atoms with van der Waals surface area (Å²) >= 11 is 0. The lowest BCUT2D eigenvalue weighted by molar-refractivity contribution is -0.148. The Labute approximate surface area is 200 Å². The van der Waals surface area contributed by atoms with Crippen LogP contribution in [0.3, 0.4) is 0 Å². The smallest absolute Gasteiger partial charge is 0.407 e. The molecule has 0 heterocycles. The van der Waals surface area contributed by atoms with Crippen LogP contribution < -0.4 is 10.6 Å². The molecule has 0 bridgehead atoms. The fourth-order valence-electron chi connectivity index (χ4n) is 4.16. The Morgan fingerprint density at radius 3 is 2.09 bits per heavy atom. The molecule has 0 fully saturated rings. The van der Waals surface area contributed by atoms with Gasteiger partial charge in [-0.1, -0.05) is 69.3 Å². The lowest BCUT2D eigenvalue weighted by atomic mass is 9.87. The lowest BCUT2D eigenvalue weighted by Crippen LogP contribution is -2.45. The van der Waals surface area contributed by atoms with Gasteiger partial charge in [-0.3, -0.25) is 9.59 Å². The summed E-state index contributed by atoms with van der Waals surface area (Å²) in [4.78, 5) is 36.6. The van der Waals surface area contributed by atoms with Gasteiger partial charge in [0.15, 0.2) is 0 Å². The number of alkyl carbamates (subject to hydrolysis) is 1. The molecule has 7 heteroatoms. The molecule has 0 aliphatic heterocycles. The topological polar surface area (TPSA) is 105 Å². The van der Waals surface area contributed by atoms with E-state index in [2.05, 4.69) is 34.9 Å². The first-order valence-electron chi connectivity index (χ1n) is 11.8. The highest BCUT2D eigenvalue weighted by atomic mass is 16.5. The average Bonchev–Trinajstić information content (AvgIpc) is 3.14. The molecule has 3 N–H and O–H groups in total. The molecule has 3 rings (SSSR count). The van der Waals surface area contributed by atoms with Gasteiger partial charge in [0.25, 0.3) is 0 Å². The van der Waals surface area contributed by atoms with Crippen molar-refractivity contribution in [2.24, 2.45) is 11.3 Å². The maximum atomic E-state index is 12.6. The molecular formula is C27H34N2O5. The van der Waals surface area contributed by atoms with Gasteiger partial charge >= 0.3 is 12.1 Å². The second-order valence-corrected chi connectivity index (χ2v) is 9.52. The molecule has 2 aromatic carbocycles. The minimum absolute atomic E-state index is 0.0109. The predicted octanol–water partition coefficient (Wildman–Crippen LogP) is 4.56. The first-order chi connectivity index (χ1) is 16.2. The third-order valence-electron chi connectivity index (χ3n) is 6.83. The van der Waals surface area contributed by atoms with Crippen molar-refractivity contribution in [1.29, 1.82) is 0 Å². The summed E-state index contributed by atoms with van der Waals surface area (Å²) in [5.74, 6) is -1.31. The van der Waals surface area contributed by atoms with Crippen LogP contribution in [0.2, 0.25) is 0 Å². The zero-order valence-electron chi connectivity index (χ0n) is 20.3. The number of amides is 2. The summed E-state index contributed by atoms with van der Waals surface area (Å²) in [6, 6.07) is 15.8. The van der Waals surface area contributed by atoms with Gasteiger partial charge in [-0.25, -0.2) is 4.79 Å². The van der Waals surface area contributed by atoms with Gasteiger partial charge < -0.3 is 20.5 Å². The Kier molecular flexibility index (Phi) is 7.97. The molecule has 182 valence electrons. The number of hydrogen-bond donors (Lipinski definition) is 3. The Balaban J connectivity index is 1.58. The van der Waals surface area contributed by atoms with Gasteiger partial charge in [-0.2, -0.15) is 0 Å². The average molecular weight is 467 g/mol. The zero-order valence-corrected chi connectivity index (χ0v) is 20.3. The molecule has 2 amide bonds. The number of benzene rings is 2. The maximum absolute atomic E-state index is 12.6. The standard InChI is InChI=1S/C27H34N2O5/c1-5-27(4,25(31)32)16-28-24(30)14-23(17(2)3)29-26(33)34-15-22-20-12-8-6-10-18(20)19-11-7-9-13-21(19)22/h6-13,17,22-23H,5,14-16H2,1-4H3,(H,28,30)(H,29,33)(H,31,32)/t23-,27?/m1/s1. The number of aliphatic carboxylic acids is 1. The monoisotopic (exact) mass is 466 g/mol. The van der Waals surface area contributed by atoms with E-state index in [9.17, 15) is 19.5 Å². The van der Waals surface area contributed by atoms with Crippen LogP contribution >= 0.6 is 0 Å². The molecule has 7 nitrogen and oxygen atoms in total. The van der Waals surface area contributed by atoms with Crippen molar-refractivity contribution in [2.75, 3.05) is 13.2 Å². The fourth-order valence-corrected chi connectivity index (χ4v) is 4.16. The minimum Gasteiger partial charge on any atom is -0.481 e. The SMILES string of the molecule is CCC(C)(CNC(=O)C[C@@H](NC(=O)OCC1c2ccccc2-c2ccccc21)C(C)C)C(=O)O. The zero-order chi connectivity index (χ0) is 24.9. The molecule has 0 saturated heterocycles. The number of carbonyl (C=O) groups excluding carboxylic acids is 2. The van der Waals surface area contributed by atoms with Crippen molar-refractivity contribution in [3.8, 4) is 11.1 Å². The fraction of sp³-hybridized carbons (Fsp3) is 0.444. The Morgan fingerprint density at radius 2 is 1.59 bits per heavy atom. The van der Waals surface area contributed by atoms with E-state index in [0.29, 0.717) is 6.42 Å². The summed E-state index contributed by atoms with van der Waals surface area (Å²) in [6.45, 7) is 7.43. The predicted molar refractivity (Wildman–Crippen MR) is 130 cm³/mol. The Morgan fingerprint density at radius 1 is 1.03 bits per heavy atom. The second kappa shape index (κ2) is 10.7. The van der Waals surface area contributed by atoms with E-state index in [4.69, 9.17) is 4.74 Å². The normalized spacial score (nSPS) is 15.1. The quantitative estimate of drug-likeness (QED) is 0.476. The highest BCUT2D eigenvalue weighted by Crippen LogP contribution is 2.44. The molecular weight excluding hydrogens is 432 g/mol. The molecule has 0 spiro atoms. The number of nitrogens with one attached hydrogen (secondary N) is 2. The van der Waals surface area contributed by atoms with Crippen molar-refractivity contribution < 1.29 is 24.2 Å². The van der Waals surface area contributed by atoms with Gasteiger partial charge in [0, 0.05) is 24.9 Å². The highest BCUT2D eigenvalue weighted by molar-refractivity contribution is 5.80. The van der Waals surface area contributed by atoms with E-state index >= 15 is 0 Å². The van der Waals surface area contributed by atoms with Gasteiger partial charge in [-0.05, 0) is 41.5 Å². The van der Waals surface area contributed by atoms with E-state index in [1.54, 1.807) is 13.8 Å². The number of hydrogen-bond acceptors (Lipinski definition) is 4. The molecule has 1 aliphatic carbocycles. The summed E-state index contributed by atoms with van der Waals surface area (Å²) in [6.07, 6.45) is -0.132. The van der Waals surface area contributed by atoms with Crippen LogP contribution in [0.15, 0.2) is 48.5 Å². The first kappa shape index (κ1) is 25.3. The van der Waals surface area contributed by atoms with Crippen LogP contribution in [-0.4, -0.2) is 42.3 Å². The Hall–Kier alpha value is -3.35. The van der Waals surface area contributed by atoms with Crippen molar-refractivity contribution in [1.82, 2.24) is 10.6 Å². The minimum atomic E-state index is -1.02. The van der Waals surface area contributed by atoms with E-state index in [1.807, 2.05) is 38.1 Å². The van der Waals surface area contributed by atoms with Gasteiger partial charge in [0.2, 0.25) is 5.91 Å². The molecule has 0 aromatic heterocycles. The summed E-state index contributed by atoms with van der Waals surface area (Å²) in [7, 11) is 0. The van der Waals surface area contributed by atoms with E-state index in [0.717, 1.165) is 22.3 Å². The largest absolute Gasteiger partial charge is 0.481 e. The summed E-state index contributed by atoms with van der Waals surface area (Å²) in [5, 5.41) is 14.9. The van der Waals surface area contributed by atoms with E-state index < -0.39 is 23.5 Å². The molecule has 0 radical (unpaired) electrons. The van der Waals surface area contributed by atoms with Crippen molar-refractivity contribution >= 4 is 18.0 Å². The molecule has 1 unspecified atom stereocenters. The second-order valence-electron chi connectivity index (χ2n) is 9.52. The number of fused-ring (bicyclic) bond motifs is 3. The van der Waals surface area contributed by atoms with Crippen molar-refractivity contribution in [2.45, 2.75) is 52.5 Å². The van der Waals surface area contributed by atoms with Crippen molar-refractivity contribution in [3.05, 3.63) is 59.7 Å². The summed E-state index contributed by atoms with van der Waals surface area (Å²) < 4.78 is 5.61. The van der Waals surface area contributed by atoms with Gasteiger partial charge in [0.05, 0.1) is 5.41 Å². The van der Waals surface area contributed by atoms with E-state index in [1.165, 1.54) is 0 Å². The van der Waals surface area contributed by atoms with E-state index in [-0.39, 0.29) is 37.3 Å². The van der Waals surface area contributed by atoms with Gasteiger partial charge in [0.1, 0.15) is 6.61 Å². The van der Waals surface area contributed by atoms with Crippen LogP contribution in [0.4, 0.5) is 4.79 Å². The van der Waals surface area contributed by atoms with Crippen LogP contribution in [0.1, 0.15) is 57.6 Å². The molecule has 0 saturated carbocycles. The Bertz CT molecular complexity index is 1010. The summed E-state index contributed by atoms with van der Waals surface area (Å²) in [5.41, 5.74) is 3.55. The molecule has 2 atom stereocenters. The number of ether oxygens (including phenoxy) is 1. The number of carbonyl (C=O) groups is 3. The lowest BCUT2D eigenvalue weighted by Gasteiger charge is -2.25. The number of rotatable bonds is 10. The third-order valence-corrected chi connectivity index (χ3v) is 6.83. The van der Waals surface area contributed by atoms with Crippen LogP contribution in [-0.2, 0) is 14.3 Å². The van der Waals surface area contributed by atoms with Crippen LogP contribution in [0.25, 0.3) is 11.1 Å². The van der Waals surface area contributed by atoms with Crippen LogP contribution in [0, 0.1) is 11.3 Å². The maximum Gasteiger partial charge on any atom is 0.407 e. The molecule has 1 aliphatic rings. The molecule has 34 heavy (non-hydrogen) atoms.